The van der Waals surface area contributed by atoms with Gasteiger partial charge in [0.1, 0.15) is 0 Å². The molecule has 0 spiro atoms. The van der Waals surface area contributed by atoms with Crippen molar-refractivity contribution >= 4 is 0 Å². The number of piperazine rings is 1. The van der Waals surface area contributed by atoms with Gasteiger partial charge in [0, 0.05) is 32.2 Å². The molecule has 0 amide bonds. The van der Waals surface area contributed by atoms with Crippen LogP contribution in [0.4, 0.5) is 0 Å². The lowest BCUT2D eigenvalue weighted by atomic mass is 9.81. The SMILES string of the molecule is CC(CC1CCC1)NN1CCN(C)CC1. The third-order valence-electron chi connectivity index (χ3n) is 3.82. The van der Waals surface area contributed by atoms with Crippen LogP contribution >= 0.6 is 0 Å². The van der Waals surface area contributed by atoms with E-state index in [1.807, 2.05) is 0 Å². The maximum Gasteiger partial charge on any atom is 0.0259 e. The van der Waals surface area contributed by atoms with E-state index in [9.17, 15) is 0 Å². The molecule has 2 fully saturated rings. The van der Waals surface area contributed by atoms with Crippen molar-refractivity contribution in [1.82, 2.24) is 15.3 Å². The van der Waals surface area contributed by atoms with Crippen LogP contribution in [0.5, 0.6) is 0 Å². The number of likely N-dealkylation sites (N-methyl/N-ethyl adjacent to an activating group) is 1. The molecule has 3 nitrogen and oxygen atoms in total. The fourth-order valence-corrected chi connectivity index (χ4v) is 2.53. The minimum absolute atomic E-state index is 0.665. The summed E-state index contributed by atoms with van der Waals surface area (Å²) in [5, 5.41) is 2.41. The summed E-state index contributed by atoms with van der Waals surface area (Å²) in [5.74, 6) is 1.01. The van der Waals surface area contributed by atoms with Crippen molar-refractivity contribution in [1.29, 1.82) is 0 Å². The fourth-order valence-electron chi connectivity index (χ4n) is 2.53. The van der Waals surface area contributed by atoms with E-state index in [0.29, 0.717) is 6.04 Å². The summed E-state index contributed by atoms with van der Waals surface area (Å²) >= 11 is 0. The van der Waals surface area contributed by atoms with Gasteiger partial charge in [0.25, 0.3) is 0 Å². The van der Waals surface area contributed by atoms with Crippen LogP contribution in [0.2, 0.25) is 0 Å². The van der Waals surface area contributed by atoms with Crippen LogP contribution in [0.15, 0.2) is 0 Å². The monoisotopic (exact) mass is 211 g/mol. The summed E-state index contributed by atoms with van der Waals surface area (Å²) in [7, 11) is 2.20. The van der Waals surface area contributed by atoms with E-state index < -0.39 is 0 Å². The zero-order valence-corrected chi connectivity index (χ0v) is 10.2. The lowest BCUT2D eigenvalue weighted by Crippen LogP contribution is -2.53. The van der Waals surface area contributed by atoms with Gasteiger partial charge in [0.15, 0.2) is 0 Å². The Morgan fingerprint density at radius 1 is 1.20 bits per heavy atom. The first-order valence-electron chi connectivity index (χ1n) is 6.43. The first-order valence-corrected chi connectivity index (χ1v) is 6.43. The fraction of sp³-hybridized carbons (Fsp3) is 1.00. The molecule has 0 aromatic carbocycles. The smallest absolute Gasteiger partial charge is 0.0259 e. The Hall–Kier alpha value is -0.120. The molecule has 1 saturated heterocycles. The molecule has 2 aliphatic rings. The summed E-state index contributed by atoms with van der Waals surface area (Å²) in [4.78, 5) is 2.40. The summed E-state index contributed by atoms with van der Waals surface area (Å²) in [5.41, 5.74) is 3.65. The highest BCUT2D eigenvalue weighted by Gasteiger charge is 2.21. The highest BCUT2D eigenvalue weighted by molar-refractivity contribution is 4.75. The Morgan fingerprint density at radius 2 is 1.87 bits per heavy atom. The highest BCUT2D eigenvalue weighted by atomic mass is 15.5. The first-order chi connectivity index (χ1) is 7.24. The van der Waals surface area contributed by atoms with Gasteiger partial charge in [-0.15, -0.1) is 0 Å². The predicted molar refractivity (Wildman–Crippen MR) is 63.6 cm³/mol. The van der Waals surface area contributed by atoms with Crippen LogP contribution in [0.25, 0.3) is 0 Å². The average molecular weight is 211 g/mol. The lowest BCUT2D eigenvalue weighted by molar-refractivity contribution is 0.0806. The van der Waals surface area contributed by atoms with Crippen molar-refractivity contribution in [3.63, 3.8) is 0 Å². The number of nitrogens with zero attached hydrogens (tertiary/aromatic N) is 2. The van der Waals surface area contributed by atoms with E-state index >= 15 is 0 Å². The van der Waals surface area contributed by atoms with Crippen molar-refractivity contribution in [2.45, 2.75) is 38.6 Å². The van der Waals surface area contributed by atoms with Crippen molar-refractivity contribution in [3.05, 3.63) is 0 Å². The van der Waals surface area contributed by atoms with Crippen molar-refractivity contribution in [2.24, 2.45) is 5.92 Å². The minimum atomic E-state index is 0.665. The Balaban J connectivity index is 1.62. The van der Waals surface area contributed by atoms with Crippen LogP contribution in [0.1, 0.15) is 32.6 Å². The molecule has 0 bridgehead atoms. The van der Waals surface area contributed by atoms with Crippen molar-refractivity contribution in [3.8, 4) is 0 Å². The van der Waals surface area contributed by atoms with Crippen LogP contribution in [-0.2, 0) is 0 Å². The number of hydrogen-bond acceptors (Lipinski definition) is 3. The van der Waals surface area contributed by atoms with Crippen molar-refractivity contribution in [2.75, 3.05) is 33.2 Å². The molecule has 1 unspecified atom stereocenters. The van der Waals surface area contributed by atoms with Gasteiger partial charge in [0.05, 0.1) is 0 Å². The van der Waals surface area contributed by atoms with Crippen LogP contribution in [-0.4, -0.2) is 49.2 Å². The Kier molecular flexibility index (Phi) is 4.00. The standard InChI is InChI=1S/C12H25N3/c1-11(10-12-4-3-5-12)13-15-8-6-14(2)7-9-15/h11-13H,3-10H2,1-2H3. The largest absolute Gasteiger partial charge is 0.304 e. The van der Waals surface area contributed by atoms with E-state index in [2.05, 4.69) is 29.3 Å². The number of hydrazine groups is 1. The number of nitrogens with one attached hydrogen (secondary N) is 1. The van der Waals surface area contributed by atoms with Gasteiger partial charge in [-0.25, -0.2) is 5.01 Å². The molecular weight excluding hydrogens is 186 g/mol. The molecule has 1 saturated carbocycles. The van der Waals surface area contributed by atoms with Crippen LogP contribution in [0, 0.1) is 5.92 Å². The highest BCUT2D eigenvalue weighted by Crippen LogP contribution is 2.30. The van der Waals surface area contributed by atoms with E-state index in [1.165, 1.54) is 51.9 Å². The normalized spacial score (nSPS) is 27.6. The number of hydrogen-bond donors (Lipinski definition) is 1. The third kappa shape index (κ3) is 3.44. The average Bonchev–Trinajstić information content (AvgIpc) is 2.16. The quantitative estimate of drug-likeness (QED) is 0.756. The molecule has 0 aromatic rings. The van der Waals surface area contributed by atoms with Crippen LogP contribution < -0.4 is 5.43 Å². The molecule has 1 N–H and O–H groups in total. The van der Waals surface area contributed by atoms with Gasteiger partial charge >= 0.3 is 0 Å². The molecule has 0 aromatic heterocycles. The molecule has 1 aliphatic heterocycles. The topological polar surface area (TPSA) is 18.5 Å². The van der Waals surface area contributed by atoms with Gasteiger partial charge in [-0.3, -0.25) is 5.43 Å². The van der Waals surface area contributed by atoms with Crippen molar-refractivity contribution < 1.29 is 0 Å². The zero-order valence-electron chi connectivity index (χ0n) is 10.2. The van der Waals surface area contributed by atoms with E-state index in [-0.39, 0.29) is 0 Å². The van der Waals surface area contributed by atoms with Gasteiger partial charge < -0.3 is 4.90 Å². The second-order valence-electron chi connectivity index (χ2n) is 5.35. The lowest BCUT2D eigenvalue weighted by Gasteiger charge is -2.36. The maximum absolute atomic E-state index is 3.65. The number of rotatable bonds is 4. The van der Waals surface area contributed by atoms with E-state index in [4.69, 9.17) is 0 Å². The molecule has 3 heteroatoms. The molecule has 0 radical (unpaired) electrons. The van der Waals surface area contributed by atoms with Crippen LogP contribution in [0.3, 0.4) is 0 Å². The summed E-state index contributed by atoms with van der Waals surface area (Å²) in [6, 6.07) is 0.665. The predicted octanol–water partition coefficient (Wildman–Crippen LogP) is 1.32. The summed E-state index contributed by atoms with van der Waals surface area (Å²) in [6.07, 6.45) is 5.77. The second-order valence-corrected chi connectivity index (χ2v) is 5.35. The Labute approximate surface area is 93.8 Å². The van der Waals surface area contributed by atoms with Gasteiger partial charge in [-0.05, 0) is 26.3 Å². The second kappa shape index (κ2) is 5.28. The minimum Gasteiger partial charge on any atom is -0.304 e. The summed E-state index contributed by atoms with van der Waals surface area (Å²) in [6.45, 7) is 7.07. The molecule has 1 aliphatic carbocycles. The maximum atomic E-state index is 3.65. The molecular formula is C12H25N3. The Bertz CT molecular complexity index is 183. The molecule has 1 heterocycles. The molecule has 2 rings (SSSR count). The zero-order chi connectivity index (χ0) is 10.7. The Morgan fingerprint density at radius 3 is 2.40 bits per heavy atom. The van der Waals surface area contributed by atoms with Gasteiger partial charge in [-0.2, -0.15) is 0 Å². The molecule has 15 heavy (non-hydrogen) atoms. The third-order valence-corrected chi connectivity index (χ3v) is 3.82. The summed E-state index contributed by atoms with van der Waals surface area (Å²) < 4.78 is 0. The molecule has 88 valence electrons. The molecule has 1 atom stereocenters. The van der Waals surface area contributed by atoms with Gasteiger partial charge in [-0.1, -0.05) is 19.3 Å². The van der Waals surface area contributed by atoms with E-state index in [1.54, 1.807) is 0 Å². The van der Waals surface area contributed by atoms with Gasteiger partial charge in [0.2, 0.25) is 0 Å². The first kappa shape index (κ1) is 11.4. The van der Waals surface area contributed by atoms with E-state index in [0.717, 1.165) is 5.92 Å².